The van der Waals surface area contributed by atoms with Gasteiger partial charge in [-0.15, -0.1) is 0 Å². The van der Waals surface area contributed by atoms with Gasteiger partial charge in [-0.3, -0.25) is 0 Å². The zero-order valence-electron chi connectivity index (χ0n) is 17.3. The molecule has 3 nitrogen and oxygen atoms in total. The lowest BCUT2D eigenvalue weighted by atomic mass is 9.99. The lowest BCUT2D eigenvalue weighted by Gasteiger charge is -2.04. The topological polar surface area (TPSA) is 31.6 Å². The van der Waals surface area contributed by atoms with E-state index < -0.39 is 0 Å². The molecular formula is C28H20O3. The van der Waals surface area contributed by atoms with E-state index in [1.165, 1.54) is 0 Å². The van der Waals surface area contributed by atoms with Crippen LogP contribution in [0.5, 0.6) is 11.5 Å². The predicted molar refractivity (Wildman–Crippen MR) is 125 cm³/mol. The van der Waals surface area contributed by atoms with Crippen LogP contribution < -0.4 is 9.47 Å². The third kappa shape index (κ3) is 3.60. The van der Waals surface area contributed by atoms with E-state index in [1.807, 2.05) is 54.6 Å². The molecule has 0 spiro atoms. The van der Waals surface area contributed by atoms with E-state index in [0.29, 0.717) is 0 Å². The van der Waals surface area contributed by atoms with Crippen molar-refractivity contribution >= 4 is 21.7 Å². The molecule has 0 radical (unpaired) electrons. The second-order valence-electron chi connectivity index (χ2n) is 7.23. The van der Waals surface area contributed by atoms with Crippen LogP contribution in [-0.4, -0.2) is 14.2 Å². The van der Waals surface area contributed by atoms with Gasteiger partial charge < -0.3 is 13.9 Å². The number of ether oxygens (including phenoxy) is 2. The maximum absolute atomic E-state index is 5.79. The molecule has 5 rings (SSSR count). The van der Waals surface area contributed by atoms with Crippen molar-refractivity contribution in [3.8, 4) is 34.5 Å². The first kappa shape index (κ1) is 18.8. The minimum Gasteiger partial charge on any atom is -0.497 e. The first-order chi connectivity index (χ1) is 15.2. The molecule has 0 unspecified atom stereocenters. The summed E-state index contributed by atoms with van der Waals surface area (Å²) in [6, 6.07) is 26.3. The molecule has 1 aromatic heterocycles. The zero-order valence-corrected chi connectivity index (χ0v) is 17.3. The molecule has 31 heavy (non-hydrogen) atoms. The van der Waals surface area contributed by atoms with Crippen LogP contribution in [0.1, 0.15) is 11.1 Å². The Morgan fingerprint density at radius 1 is 0.677 bits per heavy atom. The Morgan fingerprint density at radius 2 is 1.42 bits per heavy atom. The molecule has 150 valence electrons. The summed E-state index contributed by atoms with van der Waals surface area (Å²) in [6.45, 7) is 0. The Kier molecular flexibility index (Phi) is 4.82. The molecule has 0 atom stereocenters. The molecule has 0 saturated carbocycles. The summed E-state index contributed by atoms with van der Waals surface area (Å²) >= 11 is 0. The molecule has 0 amide bonds. The van der Waals surface area contributed by atoms with Crippen molar-refractivity contribution < 1.29 is 13.9 Å². The van der Waals surface area contributed by atoms with Gasteiger partial charge in [0.15, 0.2) is 0 Å². The van der Waals surface area contributed by atoms with Crippen molar-refractivity contribution in [3.05, 3.63) is 96.3 Å². The van der Waals surface area contributed by atoms with E-state index >= 15 is 0 Å². The van der Waals surface area contributed by atoms with Crippen LogP contribution in [-0.2, 0) is 0 Å². The maximum atomic E-state index is 5.79. The molecule has 0 fully saturated rings. The van der Waals surface area contributed by atoms with Crippen molar-refractivity contribution in [2.45, 2.75) is 0 Å². The highest BCUT2D eigenvalue weighted by molar-refractivity contribution is 5.96. The second-order valence-corrected chi connectivity index (χ2v) is 7.23. The molecule has 4 aromatic carbocycles. The first-order valence-electron chi connectivity index (χ1n) is 9.99. The van der Waals surface area contributed by atoms with Gasteiger partial charge in [-0.25, -0.2) is 0 Å². The van der Waals surface area contributed by atoms with Gasteiger partial charge in [-0.05, 0) is 53.2 Å². The van der Waals surface area contributed by atoms with E-state index in [0.717, 1.165) is 55.5 Å². The number of hydrogen-bond acceptors (Lipinski definition) is 3. The number of furan rings is 1. The van der Waals surface area contributed by atoms with Gasteiger partial charge in [-0.1, -0.05) is 42.2 Å². The maximum Gasteiger partial charge on any atom is 0.138 e. The lowest BCUT2D eigenvalue weighted by Crippen LogP contribution is -1.85. The van der Waals surface area contributed by atoms with E-state index in [1.54, 1.807) is 20.5 Å². The molecule has 0 aliphatic carbocycles. The van der Waals surface area contributed by atoms with E-state index in [-0.39, 0.29) is 0 Å². The normalized spacial score (nSPS) is 10.6. The average molecular weight is 404 g/mol. The zero-order chi connectivity index (χ0) is 21.2. The molecule has 0 bridgehead atoms. The quantitative estimate of drug-likeness (QED) is 0.315. The van der Waals surface area contributed by atoms with Gasteiger partial charge in [0, 0.05) is 33.7 Å². The Labute approximate surface area is 180 Å². The minimum absolute atomic E-state index is 0.774. The van der Waals surface area contributed by atoms with Gasteiger partial charge in [0.05, 0.1) is 20.5 Å². The second kappa shape index (κ2) is 7.93. The Morgan fingerprint density at radius 3 is 2.29 bits per heavy atom. The fourth-order valence-electron chi connectivity index (χ4n) is 3.74. The van der Waals surface area contributed by atoms with Gasteiger partial charge in [0.1, 0.15) is 17.1 Å². The molecule has 1 heterocycles. The minimum atomic E-state index is 0.774. The molecule has 0 aliphatic rings. The monoisotopic (exact) mass is 404 g/mol. The van der Waals surface area contributed by atoms with Crippen molar-refractivity contribution in [1.82, 2.24) is 0 Å². The molecular weight excluding hydrogens is 384 g/mol. The fourth-order valence-corrected chi connectivity index (χ4v) is 3.74. The van der Waals surface area contributed by atoms with Crippen LogP contribution in [0, 0.1) is 11.8 Å². The third-order valence-electron chi connectivity index (χ3n) is 5.39. The smallest absolute Gasteiger partial charge is 0.138 e. The largest absolute Gasteiger partial charge is 0.497 e. The van der Waals surface area contributed by atoms with E-state index in [4.69, 9.17) is 13.9 Å². The van der Waals surface area contributed by atoms with E-state index in [9.17, 15) is 0 Å². The van der Waals surface area contributed by atoms with Crippen LogP contribution in [0.25, 0.3) is 32.9 Å². The summed E-state index contributed by atoms with van der Waals surface area (Å²) < 4.78 is 16.4. The van der Waals surface area contributed by atoms with Crippen LogP contribution in [0.4, 0.5) is 0 Å². The molecule has 0 saturated heterocycles. The summed E-state index contributed by atoms with van der Waals surface area (Å²) in [4.78, 5) is 0. The van der Waals surface area contributed by atoms with Crippen molar-refractivity contribution in [2.75, 3.05) is 14.2 Å². The van der Waals surface area contributed by atoms with Crippen LogP contribution >= 0.6 is 0 Å². The van der Waals surface area contributed by atoms with Crippen molar-refractivity contribution in [2.24, 2.45) is 0 Å². The molecule has 0 N–H and O–H groups in total. The van der Waals surface area contributed by atoms with Gasteiger partial charge in [0.25, 0.3) is 0 Å². The van der Waals surface area contributed by atoms with E-state index in [2.05, 4.69) is 36.1 Å². The van der Waals surface area contributed by atoms with Crippen LogP contribution in [0.15, 0.2) is 89.5 Å². The Balaban J connectivity index is 1.54. The molecule has 3 heteroatoms. The van der Waals surface area contributed by atoms with Crippen molar-refractivity contribution in [3.63, 3.8) is 0 Å². The molecule has 5 aromatic rings. The van der Waals surface area contributed by atoms with Crippen LogP contribution in [0.2, 0.25) is 0 Å². The lowest BCUT2D eigenvalue weighted by molar-refractivity contribution is 0.414. The Hall–Kier alpha value is -4.16. The van der Waals surface area contributed by atoms with Crippen LogP contribution in [0.3, 0.4) is 0 Å². The number of fused-ring (bicyclic) bond motifs is 2. The fraction of sp³-hybridized carbons (Fsp3) is 0.0714. The summed E-state index contributed by atoms with van der Waals surface area (Å²) in [6.07, 6.45) is 1.79. The molecule has 0 aliphatic heterocycles. The SMILES string of the molecule is COc1ccc2cc(C#Cc3ccccc3-c3coc4cc(OC)ccc34)ccc2c1. The summed E-state index contributed by atoms with van der Waals surface area (Å²) in [5, 5.41) is 3.30. The highest BCUT2D eigenvalue weighted by Crippen LogP contribution is 2.34. The highest BCUT2D eigenvalue weighted by atomic mass is 16.5. The summed E-state index contributed by atoms with van der Waals surface area (Å²) in [5.41, 5.74) is 4.78. The predicted octanol–water partition coefficient (Wildman–Crippen LogP) is 6.67. The highest BCUT2D eigenvalue weighted by Gasteiger charge is 2.11. The number of benzene rings is 4. The third-order valence-corrected chi connectivity index (χ3v) is 5.39. The van der Waals surface area contributed by atoms with Gasteiger partial charge in [0.2, 0.25) is 0 Å². The Bertz CT molecular complexity index is 1460. The number of rotatable bonds is 3. The number of hydrogen-bond donors (Lipinski definition) is 0. The van der Waals surface area contributed by atoms with Crippen molar-refractivity contribution in [1.29, 1.82) is 0 Å². The van der Waals surface area contributed by atoms with Gasteiger partial charge >= 0.3 is 0 Å². The average Bonchev–Trinajstić information content (AvgIpc) is 3.25. The first-order valence-corrected chi connectivity index (χ1v) is 9.99. The number of methoxy groups -OCH3 is 2. The summed E-state index contributed by atoms with van der Waals surface area (Å²) in [5.74, 6) is 8.30. The standard InChI is InChI=1S/C28H20O3/c1-29-23-12-11-21-15-19(8-10-22(21)16-23)7-9-20-5-3-4-6-25(20)27-18-31-28-17-24(30-2)13-14-26(27)28/h3-6,8,10-18H,1-2H3. The summed E-state index contributed by atoms with van der Waals surface area (Å²) in [7, 11) is 3.33. The van der Waals surface area contributed by atoms with Gasteiger partial charge in [-0.2, -0.15) is 0 Å².